The summed E-state index contributed by atoms with van der Waals surface area (Å²) in [6.45, 7) is 7.93. The second-order valence-corrected chi connectivity index (χ2v) is 7.14. The van der Waals surface area contributed by atoms with Crippen molar-refractivity contribution in [2.75, 3.05) is 6.61 Å². The number of thiophene rings is 1. The Kier molecular flexibility index (Phi) is 4.49. The lowest BCUT2D eigenvalue weighted by molar-refractivity contribution is 0.0718. The first-order chi connectivity index (χ1) is 7.33. The summed E-state index contributed by atoms with van der Waals surface area (Å²) < 4.78 is 23.6. The van der Waals surface area contributed by atoms with Crippen LogP contribution in [-0.4, -0.2) is 15.0 Å². The Bertz CT molecular complexity index is 449. The Hall–Kier alpha value is -0.430. The van der Waals surface area contributed by atoms with Crippen molar-refractivity contribution >= 4 is 21.4 Å². The van der Waals surface area contributed by atoms with Crippen LogP contribution in [0.2, 0.25) is 0 Å². The highest BCUT2D eigenvalue weighted by atomic mass is 32.2. The van der Waals surface area contributed by atoms with Gasteiger partial charge in [0, 0.05) is 9.75 Å². The molecule has 0 aliphatic rings. The zero-order valence-corrected chi connectivity index (χ0v) is 11.5. The van der Waals surface area contributed by atoms with Gasteiger partial charge in [-0.3, -0.25) is 4.84 Å². The van der Waals surface area contributed by atoms with Crippen molar-refractivity contribution in [3.63, 3.8) is 0 Å². The summed E-state index contributed by atoms with van der Waals surface area (Å²) in [5.41, 5.74) is 0. The summed E-state index contributed by atoms with van der Waals surface area (Å²) in [6.07, 6.45) is 0. The number of hydrogen-bond acceptors (Lipinski definition) is 4. The van der Waals surface area contributed by atoms with Gasteiger partial charge in [-0.2, -0.15) is 0 Å². The van der Waals surface area contributed by atoms with Crippen molar-refractivity contribution < 1.29 is 13.3 Å². The van der Waals surface area contributed by atoms with E-state index in [4.69, 9.17) is 4.84 Å². The van der Waals surface area contributed by atoms with Gasteiger partial charge in [0.1, 0.15) is 0 Å². The molecular formula is C10H17NO3S2. The molecule has 1 rings (SSSR count). The number of rotatable bonds is 5. The van der Waals surface area contributed by atoms with Gasteiger partial charge in [-0.05, 0) is 25.8 Å². The van der Waals surface area contributed by atoms with Gasteiger partial charge in [0.25, 0.3) is 10.0 Å². The van der Waals surface area contributed by atoms with Gasteiger partial charge in [-0.1, -0.05) is 18.7 Å². The molecule has 0 unspecified atom stereocenters. The Labute approximate surface area is 101 Å². The predicted molar refractivity (Wildman–Crippen MR) is 64.9 cm³/mol. The van der Waals surface area contributed by atoms with E-state index in [1.54, 1.807) is 13.0 Å². The largest absolute Gasteiger partial charge is 0.287 e. The topological polar surface area (TPSA) is 55.4 Å². The number of nitrogens with one attached hydrogen (secondary N) is 1. The first-order valence-corrected chi connectivity index (χ1v) is 7.33. The van der Waals surface area contributed by atoms with Crippen LogP contribution in [0.15, 0.2) is 11.0 Å². The number of sulfonamides is 1. The van der Waals surface area contributed by atoms with E-state index in [1.807, 2.05) is 20.8 Å². The SMILES string of the molecule is Cc1cc(S(=O)(=O)NOCC(C)C)c(C)s1. The van der Waals surface area contributed by atoms with Crippen LogP contribution in [-0.2, 0) is 14.9 Å². The smallest absolute Gasteiger partial charge is 0.263 e. The number of aryl methyl sites for hydroxylation is 2. The van der Waals surface area contributed by atoms with Crippen molar-refractivity contribution in [2.24, 2.45) is 5.92 Å². The predicted octanol–water partition coefficient (Wildman–Crippen LogP) is 2.23. The van der Waals surface area contributed by atoms with E-state index in [0.29, 0.717) is 11.5 Å². The molecular weight excluding hydrogens is 246 g/mol. The van der Waals surface area contributed by atoms with Crippen molar-refractivity contribution in [3.05, 3.63) is 15.8 Å². The lowest BCUT2D eigenvalue weighted by Gasteiger charge is -2.08. The lowest BCUT2D eigenvalue weighted by Crippen LogP contribution is -2.26. The summed E-state index contributed by atoms with van der Waals surface area (Å²) >= 11 is 1.46. The third-order valence-corrected chi connectivity index (χ3v) is 4.31. The van der Waals surface area contributed by atoms with E-state index in [-0.39, 0.29) is 5.92 Å². The fraction of sp³-hybridized carbons (Fsp3) is 0.600. The molecule has 4 nitrogen and oxygen atoms in total. The lowest BCUT2D eigenvalue weighted by atomic mass is 10.2. The molecule has 6 heteroatoms. The molecule has 1 N–H and O–H groups in total. The minimum absolute atomic E-state index is 0.285. The second kappa shape index (κ2) is 5.27. The molecule has 0 aliphatic heterocycles. The van der Waals surface area contributed by atoms with E-state index in [2.05, 4.69) is 4.89 Å². The summed E-state index contributed by atoms with van der Waals surface area (Å²) in [7, 11) is -3.53. The van der Waals surface area contributed by atoms with E-state index < -0.39 is 10.0 Å². The van der Waals surface area contributed by atoms with Crippen molar-refractivity contribution in [1.82, 2.24) is 4.89 Å². The van der Waals surface area contributed by atoms with Gasteiger partial charge in [0.2, 0.25) is 0 Å². The van der Waals surface area contributed by atoms with Crippen molar-refractivity contribution in [2.45, 2.75) is 32.6 Å². The fourth-order valence-corrected chi connectivity index (χ4v) is 3.57. The molecule has 0 spiro atoms. The van der Waals surface area contributed by atoms with Crippen LogP contribution in [0.25, 0.3) is 0 Å². The van der Waals surface area contributed by atoms with E-state index in [9.17, 15) is 8.42 Å². The van der Waals surface area contributed by atoms with Crippen LogP contribution < -0.4 is 4.89 Å². The van der Waals surface area contributed by atoms with Gasteiger partial charge in [-0.25, -0.2) is 8.42 Å². The molecule has 92 valence electrons. The Balaban J connectivity index is 2.75. The first kappa shape index (κ1) is 13.6. The molecule has 16 heavy (non-hydrogen) atoms. The summed E-state index contributed by atoms with van der Waals surface area (Å²) in [6, 6.07) is 1.65. The fourth-order valence-electron chi connectivity index (χ4n) is 1.20. The normalized spacial score (nSPS) is 12.3. The Morgan fingerprint density at radius 2 is 2.06 bits per heavy atom. The van der Waals surface area contributed by atoms with Crippen LogP contribution in [0.1, 0.15) is 23.6 Å². The van der Waals surface area contributed by atoms with Gasteiger partial charge < -0.3 is 0 Å². The molecule has 0 aliphatic carbocycles. The van der Waals surface area contributed by atoms with E-state index in [0.717, 1.165) is 9.75 Å². The van der Waals surface area contributed by atoms with Crippen molar-refractivity contribution in [1.29, 1.82) is 0 Å². The average molecular weight is 263 g/mol. The van der Waals surface area contributed by atoms with Crippen LogP contribution in [0.3, 0.4) is 0 Å². The highest BCUT2D eigenvalue weighted by Gasteiger charge is 2.19. The minimum atomic E-state index is -3.53. The van der Waals surface area contributed by atoms with E-state index in [1.165, 1.54) is 11.3 Å². The maximum atomic E-state index is 11.8. The maximum absolute atomic E-state index is 11.8. The van der Waals surface area contributed by atoms with Gasteiger partial charge in [0.05, 0.1) is 11.5 Å². The Morgan fingerprint density at radius 3 is 2.50 bits per heavy atom. The third kappa shape index (κ3) is 3.55. The van der Waals surface area contributed by atoms with Gasteiger partial charge in [-0.15, -0.1) is 11.3 Å². The molecule has 0 aromatic carbocycles. The monoisotopic (exact) mass is 263 g/mol. The van der Waals surface area contributed by atoms with E-state index >= 15 is 0 Å². The standard InChI is InChI=1S/C10H17NO3S2/c1-7(2)6-14-11-16(12,13)10-5-8(3)15-9(10)4/h5,7,11H,6H2,1-4H3. The molecule has 1 aromatic heterocycles. The average Bonchev–Trinajstić information content (AvgIpc) is 2.44. The Morgan fingerprint density at radius 1 is 1.44 bits per heavy atom. The second-order valence-electron chi connectivity index (χ2n) is 4.07. The summed E-state index contributed by atoms with van der Waals surface area (Å²) in [5, 5.41) is 0. The highest BCUT2D eigenvalue weighted by Crippen LogP contribution is 2.24. The zero-order valence-electron chi connectivity index (χ0n) is 9.90. The quantitative estimate of drug-likeness (QED) is 0.829. The minimum Gasteiger partial charge on any atom is -0.287 e. The molecule has 0 fully saturated rings. The first-order valence-electron chi connectivity index (χ1n) is 5.03. The van der Waals surface area contributed by atoms with Crippen LogP contribution >= 0.6 is 11.3 Å². The van der Waals surface area contributed by atoms with Crippen LogP contribution in [0.5, 0.6) is 0 Å². The summed E-state index contributed by atoms with van der Waals surface area (Å²) in [5.74, 6) is 0.285. The molecule has 1 heterocycles. The maximum Gasteiger partial charge on any atom is 0.263 e. The summed E-state index contributed by atoms with van der Waals surface area (Å²) in [4.78, 5) is 9.14. The molecule has 0 bridgehead atoms. The molecule has 0 saturated heterocycles. The van der Waals surface area contributed by atoms with Gasteiger partial charge in [0.15, 0.2) is 0 Å². The van der Waals surface area contributed by atoms with Crippen LogP contribution in [0.4, 0.5) is 0 Å². The molecule has 0 radical (unpaired) electrons. The zero-order chi connectivity index (χ0) is 12.3. The molecule has 0 saturated carbocycles. The molecule has 0 atom stereocenters. The van der Waals surface area contributed by atoms with Crippen molar-refractivity contribution in [3.8, 4) is 0 Å². The van der Waals surface area contributed by atoms with Gasteiger partial charge >= 0.3 is 0 Å². The molecule has 0 amide bonds. The molecule has 1 aromatic rings. The third-order valence-electron chi connectivity index (χ3n) is 1.87. The highest BCUT2D eigenvalue weighted by molar-refractivity contribution is 7.89. The number of hydrogen-bond donors (Lipinski definition) is 1. The van der Waals surface area contributed by atoms with Crippen LogP contribution in [0, 0.1) is 19.8 Å².